The lowest BCUT2D eigenvalue weighted by Gasteiger charge is -2.22. The van der Waals surface area contributed by atoms with Gasteiger partial charge in [-0.1, -0.05) is 23.2 Å². The van der Waals surface area contributed by atoms with E-state index in [-0.39, 0.29) is 15.6 Å². The molecule has 2 aromatic rings. The number of sulfonamides is 1. The fraction of sp³-hybridized carbons (Fsp3) is 0.368. The quantitative estimate of drug-likeness (QED) is 0.515. The Morgan fingerprint density at radius 2 is 1.94 bits per heavy atom. The second-order valence-corrected chi connectivity index (χ2v) is 10.7. The Hall–Kier alpha value is -1.92. The number of carbonyl (C=O) groups excluding carboxylic acids is 2. The molecule has 13 heteroatoms. The third-order valence-electron chi connectivity index (χ3n) is 4.77. The minimum Gasteiger partial charge on any atom is -0.468 e. The Labute approximate surface area is 198 Å². The zero-order valence-corrected chi connectivity index (χ0v) is 20.0. The van der Waals surface area contributed by atoms with E-state index >= 15 is 0 Å². The summed E-state index contributed by atoms with van der Waals surface area (Å²) < 4.78 is 47.5. The van der Waals surface area contributed by atoms with Crippen molar-refractivity contribution in [3.05, 3.63) is 44.3 Å². The number of carbonyl (C=O) groups is 2. The number of hydrogen-bond donors (Lipinski definition) is 2. The molecule has 0 unspecified atom stereocenters. The van der Waals surface area contributed by atoms with Crippen LogP contribution in [0.25, 0.3) is 0 Å². The van der Waals surface area contributed by atoms with Gasteiger partial charge in [-0.2, -0.15) is 4.72 Å². The van der Waals surface area contributed by atoms with Crippen molar-refractivity contribution in [1.29, 1.82) is 0 Å². The molecule has 174 valence electrons. The molecule has 0 saturated carbocycles. The summed E-state index contributed by atoms with van der Waals surface area (Å²) in [6, 6.07) is 3.51. The van der Waals surface area contributed by atoms with E-state index in [1.54, 1.807) is 4.90 Å². The second kappa shape index (κ2) is 10.3. The highest BCUT2D eigenvalue weighted by Crippen LogP contribution is 2.35. The van der Waals surface area contributed by atoms with E-state index in [0.717, 1.165) is 37.4 Å². The molecule has 2 N–H and O–H groups in total. The highest BCUT2D eigenvalue weighted by atomic mass is 35.5. The Bertz CT molecular complexity index is 1120. The molecule has 1 saturated heterocycles. The standard InChI is InChI=1S/C19H20Cl2FN3O5S2/c1-30-19(27)12(10-23-18(26)14-4-5-16(20)31-14)24-32(28,29)15-9-11(22)8-13(17(15)21)25-6-2-3-7-25/h4-5,8-9,12,24H,2-3,6-7,10H2,1H3,(H,23,26)/t12-/m0/s1. The largest absolute Gasteiger partial charge is 0.468 e. The lowest BCUT2D eigenvalue weighted by atomic mass is 10.3. The second-order valence-electron chi connectivity index (χ2n) is 6.94. The molecule has 2 heterocycles. The number of benzene rings is 1. The van der Waals surface area contributed by atoms with Gasteiger partial charge in [0.15, 0.2) is 0 Å². The van der Waals surface area contributed by atoms with E-state index in [0.29, 0.717) is 17.4 Å². The number of rotatable bonds is 8. The summed E-state index contributed by atoms with van der Waals surface area (Å²) in [5, 5.41) is 2.30. The molecule has 1 aliphatic rings. The van der Waals surface area contributed by atoms with Crippen LogP contribution in [0.1, 0.15) is 22.5 Å². The SMILES string of the molecule is COC(=O)[C@H](CNC(=O)c1ccc(Cl)s1)NS(=O)(=O)c1cc(F)cc(N2CCCC2)c1Cl. The van der Waals surface area contributed by atoms with Gasteiger partial charge in [0.05, 0.1) is 27.0 Å². The zero-order chi connectivity index (χ0) is 23.5. The molecule has 1 atom stereocenters. The van der Waals surface area contributed by atoms with Crippen LogP contribution < -0.4 is 14.9 Å². The van der Waals surface area contributed by atoms with Crippen molar-refractivity contribution in [3.8, 4) is 0 Å². The number of nitrogens with one attached hydrogen (secondary N) is 2. The Kier molecular flexibility index (Phi) is 7.99. The summed E-state index contributed by atoms with van der Waals surface area (Å²) >= 11 is 13.2. The van der Waals surface area contributed by atoms with Crippen LogP contribution in [0.15, 0.2) is 29.2 Å². The van der Waals surface area contributed by atoms with E-state index in [1.165, 1.54) is 18.2 Å². The average Bonchev–Trinajstić information content (AvgIpc) is 3.43. The van der Waals surface area contributed by atoms with E-state index in [2.05, 4.69) is 14.8 Å². The first kappa shape index (κ1) is 24.7. The molecule has 0 aliphatic carbocycles. The monoisotopic (exact) mass is 523 g/mol. The molecule has 1 aromatic carbocycles. The lowest BCUT2D eigenvalue weighted by Crippen LogP contribution is -2.48. The maximum Gasteiger partial charge on any atom is 0.325 e. The molecular formula is C19H20Cl2FN3O5S2. The summed E-state index contributed by atoms with van der Waals surface area (Å²) in [6.45, 7) is 0.839. The minimum absolute atomic E-state index is 0.151. The zero-order valence-electron chi connectivity index (χ0n) is 16.9. The fourth-order valence-electron chi connectivity index (χ4n) is 3.22. The summed E-state index contributed by atoms with van der Waals surface area (Å²) in [7, 11) is -3.37. The minimum atomic E-state index is -4.45. The molecule has 8 nitrogen and oxygen atoms in total. The molecule has 0 bridgehead atoms. The Balaban J connectivity index is 1.82. The number of thiophene rings is 1. The van der Waals surface area contributed by atoms with Crippen molar-refractivity contribution in [1.82, 2.24) is 10.0 Å². The molecule has 1 aliphatic heterocycles. The van der Waals surface area contributed by atoms with Gasteiger partial charge in [-0.25, -0.2) is 12.8 Å². The first-order valence-corrected chi connectivity index (χ1v) is 12.6. The van der Waals surface area contributed by atoms with Crippen molar-refractivity contribution in [2.24, 2.45) is 0 Å². The predicted molar refractivity (Wildman–Crippen MR) is 121 cm³/mol. The van der Waals surface area contributed by atoms with Crippen LogP contribution in [0.3, 0.4) is 0 Å². The molecule has 1 amide bonds. The molecule has 1 fully saturated rings. The number of halogens is 3. The lowest BCUT2D eigenvalue weighted by molar-refractivity contribution is -0.142. The van der Waals surface area contributed by atoms with Crippen molar-refractivity contribution in [3.63, 3.8) is 0 Å². The number of esters is 1. The average molecular weight is 524 g/mol. The molecule has 3 rings (SSSR count). The van der Waals surface area contributed by atoms with E-state index in [1.807, 2.05) is 0 Å². The molecule has 1 aromatic heterocycles. The van der Waals surface area contributed by atoms with Gasteiger partial charge in [-0.15, -0.1) is 11.3 Å². The van der Waals surface area contributed by atoms with Gasteiger partial charge in [0.1, 0.15) is 16.8 Å². The van der Waals surface area contributed by atoms with Gasteiger partial charge < -0.3 is 15.0 Å². The van der Waals surface area contributed by atoms with Crippen LogP contribution in [0, 0.1) is 5.82 Å². The van der Waals surface area contributed by atoms with E-state index < -0.39 is 45.2 Å². The van der Waals surface area contributed by atoms with Gasteiger partial charge in [-0.05, 0) is 37.1 Å². The first-order valence-electron chi connectivity index (χ1n) is 9.50. The first-order chi connectivity index (χ1) is 15.1. The molecule has 0 radical (unpaired) electrons. The van der Waals surface area contributed by atoms with Crippen LogP contribution in [0.5, 0.6) is 0 Å². The summed E-state index contributed by atoms with van der Waals surface area (Å²) in [6.07, 6.45) is 1.76. The molecule has 32 heavy (non-hydrogen) atoms. The van der Waals surface area contributed by atoms with Crippen LogP contribution in [0.2, 0.25) is 9.36 Å². The number of ether oxygens (including phenoxy) is 1. The van der Waals surface area contributed by atoms with Crippen LogP contribution >= 0.6 is 34.5 Å². The highest BCUT2D eigenvalue weighted by molar-refractivity contribution is 7.89. The van der Waals surface area contributed by atoms with Gasteiger partial charge in [0.2, 0.25) is 10.0 Å². The molecule has 0 spiro atoms. The van der Waals surface area contributed by atoms with Crippen LogP contribution in [-0.2, 0) is 19.6 Å². The van der Waals surface area contributed by atoms with Crippen molar-refractivity contribution in [2.45, 2.75) is 23.8 Å². The normalized spacial score (nSPS) is 14.9. The number of nitrogens with zero attached hydrogens (tertiary/aromatic N) is 1. The Morgan fingerprint density at radius 3 is 2.53 bits per heavy atom. The molecular weight excluding hydrogens is 504 g/mol. The summed E-state index contributed by atoms with van der Waals surface area (Å²) in [5.74, 6) is -2.27. The van der Waals surface area contributed by atoms with Crippen molar-refractivity contribution < 1.29 is 27.1 Å². The van der Waals surface area contributed by atoms with Crippen molar-refractivity contribution >= 4 is 62.1 Å². The van der Waals surface area contributed by atoms with Gasteiger partial charge in [0, 0.05) is 19.6 Å². The van der Waals surface area contributed by atoms with E-state index in [4.69, 9.17) is 23.2 Å². The predicted octanol–water partition coefficient (Wildman–Crippen LogP) is 3.04. The van der Waals surface area contributed by atoms with Crippen LogP contribution in [0.4, 0.5) is 10.1 Å². The van der Waals surface area contributed by atoms with Crippen LogP contribution in [-0.4, -0.2) is 53.1 Å². The summed E-state index contributed by atoms with van der Waals surface area (Å²) in [5.41, 5.74) is 0.266. The smallest absolute Gasteiger partial charge is 0.325 e. The third-order valence-corrected chi connectivity index (χ3v) is 8.00. The highest BCUT2D eigenvalue weighted by Gasteiger charge is 2.31. The number of hydrogen-bond acceptors (Lipinski definition) is 7. The topological polar surface area (TPSA) is 105 Å². The number of anilines is 1. The number of methoxy groups -OCH3 is 1. The van der Waals surface area contributed by atoms with E-state index in [9.17, 15) is 22.4 Å². The maximum absolute atomic E-state index is 14.3. The third kappa shape index (κ3) is 5.70. The van der Waals surface area contributed by atoms with Crippen molar-refractivity contribution in [2.75, 3.05) is 31.6 Å². The van der Waals surface area contributed by atoms with Gasteiger partial charge in [0.25, 0.3) is 5.91 Å². The summed E-state index contributed by atoms with van der Waals surface area (Å²) in [4.78, 5) is 26.0. The maximum atomic E-state index is 14.3. The number of amides is 1. The van der Waals surface area contributed by atoms with Gasteiger partial charge >= 0.3 is 5.97 Å². The van der Waals surface area contributed by atoms with Gasteiger partial charge in [-0.3, -0.25) is 9.59 Å². The fourth-order valence-corrected chi connectivity index (χ4v) is 6.00. The Morgan fingerprint density at radius 1 is 1.25 bits per heavy atom.